The molecule has 0 aliphatic rings. The molecule has 2 aromatic heterocycles. The molecule has 0 atom stereocenters. The first kappa shape index (κ1) is 20.8. The second kappa shape index (κ2) is 9.02. The molecule has 0 aliphatic carbocycles. The summed E-state index contributed by atoms with van der Waals surface area (Å²) in [4.78, 5) is 8.81. The maximum atomic E-state index is 13.1. The van der Waals surface area contributed by atoms with Crippen molar-refractivity contribution in [3.8, 4) is 11.3 Å². The smallest absolute Gasteiger partial charge is 0.229 e. The van der Waals surface area contributed by atoms with E-state index in [1.54, 1.807) is 23.0 Å². The number of aromatic nitrogens is 4. The zero-order chi connectivity index (χ0) is 19.5. The van der Waals surface area contributed by atoms with Crippen molar-refractivity contribution in [3.05, 3.63) is 77.3 Å². The molecule has 0 bridgehead atoms. The van der Waals surface area contributed by atoms with E-state index >= 15 is 0 Å². The van der Waals surface area contributed by atoms with Gasteiger partial charge >= 0.3 is 0 Å². The summed E-state index contributed by atoms with van der Waals surface area (Å²) in [5, 5.41) is 10.8. The van der Waals surface area contributed by atoms with Crippen LogP contribution in [0.3, 0.4) is 0 Å². The lowest BCUT2D eigenvalue weighted by atomic mass is 10.1. The van der Waals surface area contributed by atoms with E-state index in [0.29, 0.717) is 16.2 Å². The number of rotatable bonds is 5. The Morgan fingerprint density at radius 2 is 1.79 bits per heavy atom. The van der Waals surface area contributed by atoms with Gasteiger partial charge in [-0.25, -0.2) is 9.37 Å². The molecule has 6 nitrogen and oxygen atoms in total. The highest BCUT2D eigenvalue weighted by atomic mass is 79.9. The fourth-order valence-electron chi connectivity index (χ4n) is 2.64. The topological polar surface area (TPSA) is 67.7 Å². The summed E-state index contributed by atoms with van der Waals surface area (Å²) in [7, 11) is 1.89. The highest BCUT2D eigenvalue weighted by Crippen LogP contribution is 2.26. The van der Waals surface area contributed by atoms with Crippen molar-refractivity contribution >= 4 is 51.5 Å². The SMILES string of the molecule is Cl.Cn1ccc(-c2cccc(Nc3ncc(Br)c(Nc4ccc(F)cc4)n3)c2)n1. The van der Waals surface area contributed by atoms with Crippen LogP contribution in [-0.4, -0.2) is 19.7 Å². The van der Waals surface area contributed by atoms with Crippen molar-refractivity contribution in [1.29, 1.82) is 0 Å². The average molecular weight is 476 g/mol. The molecule has 2 N–H and O–H groups in total. The molecule has 0 saturated heterocycles. The molecular formula is C20H17BrClFN6. The number of aryl methyl sites for hydroxylation is 1. The molecule has 0 radical (unpaired) electrons. The lowest BCUT2D eigenvalue weighted by molar-refractivity contribution is 0.628. The molecule has 4 aromatic rings. The summed E-state index contributed by atoms with van der Waals surface area (Å²) in [6.07, 6.45) is 3.56. The fraction of sp³-hybridized carbons (Fsp3) is 0.0500. The highest BCUT2D eigenvalue weighted by Gasteiger charge is 2.08. The van der Waals surface area contributed by atoms with E-state index in [0.717, 1.165) is 22.6 Å². The van der Waals surface area contributed by atoms with E-state index < -0.39 is 0 Å². The van der Waals surface area contributed by atoms with Crippen molar-refractivity contribution in [2.24, 2.45) is 7.05 Å². The zero-order valence-corrected chi connectivity index (χ0v) is 17.7. The molecule has 0 spiro atoms. The molecule has 0 amide bonds. The van der Waals surface area contributed by atoms with Crippen molar-refractivity contribution in [3.63, 3.8) is 0 Å². The Bertz CT molecular complexity index is 1120. The number of hydrogen-bond donors (Lipinski definition) is 2. The second-order valence-corrected chi connectivity index (χ2v) is 6.96. The van der Waals surface area contributed by atoms with Crippen LogP contribution in [0.25, 0.3) is 11.3 Å². The van der Waals surface area contributed by atoms with Crippen LogP contribution in [0.15, 0.2) is 71.5 Å². The molecule has 4 rings (SSSR count). The number of benzene rings is 2. The number of hydrogen-bond acceptors (Lipinski definition) is 5. The van der Waals surface area contributed by atoms with Gasteiger partial charge in [-0.3, -0.25) is 4.68 Å². The van der Waals surface area contributed by atoms with Crippen LogP contribution in [0.2, 0.25) is 0 Å². The van der Waals surface area contributed by atoms with Crippen LogP contribution in [0, 0.1) is 5.82 Å². The largest absolute Gasteiger partial charge is 0.339 e. The van der Waals surface area contributed by atoms with Gasteiger partial charge in [-0.05, 0) is 58.4 Å². The van der Waals surface area contributed by atoms with Crippen LogP contribution in [0.1, 0.15) is 0 Å². The molecule has 29 heavy (non-hydrogen) atoms. The molecule has 0 unspecified atom stereocenters. The average Bonchev–Trinajstić information content (AvgIpc) is 3.13. The third-order valence-corrected chi connectivity index (χ3v) is 4.56. The normalized spacial score (nSPS) is 10.3. The number of anilines is 4. The molecule has 2 aromatic carbocycles. The van der Waals surface area contributed by atoms with Crippen molar-refractivity contribution in [2.45, 2.75) is 0 Å². The lowest BCUT2D eigenvalue weighted by Gasteiger charge is -2.11. The zero-order valence-electron chi connectivity index (χ0n) is 15.3. The Morgan fingerprint density at radius 3 is 2.52 bits per heavy atom. The van der Waals surface area contributed by atoms with E-state index in [1.807, 2.05) is 43.6 Å². The molecule has 148 valence electrons. The third kappa shape index (κ3) is 5.10. The van der Waals surface area contributed by atoms with E-state index in [-0.39, 0.29) is 18.2 Å². The quantitative estimate of drug-likeness (QED) is 0.388. The predicted molar refractivity (Wildman–Crippen MR) is 119 cm³/mol. The first-order chi connectivity index (χ1) is 13.6. The van der Waals surface area contributed by atoms with E-state index in [2.05, 4.69) is 41.6 Å². The van der Waals surface area contributed by atoms with E-state index in [1.165, 1.54) is 12.1 Å². The third-order valence-electron chi connectivity index (χ3n) is 3.98. The van der Waals surface area contributed by atoms with Gasteiger partial charge in [-0.15, -0.1) is 12.4 Å². The number of halogens is 3. The van der Waals surface area contributed by atoms with Gasteiger partial charge in [0.05, 0.1) is 10.2 Å². The Labute approximate surface area is 181 Å². The molecule has 9 heteroatoms. The molecule has 0 fully saturated rings. The summed E-state index contributed by atoms with van der Waals surface area (Å²) < 4.78 is 15.6. The van der Waals surface area contributed by atoms with E-state index in [9.17, 15) is 4.39 Å². The lowest BCUT2D eigenvalue weighted by Crippen LogP contribution is -2.01. The Hall–Kier alpha value is -2.97. The van der Waals surface area contributed by atoms with Gasteiger partial charge in [0.15, 0.2) is 0 Å². The second-order valence-electron chi connectivity index (χ2n) is 6.10. The summed E-state index contributed by atoms with van der Waals surface area (Å²) >= 11 is 3.43. The van der Waals surface area contributed by atoms with Gasteiger partial charge < -0.3 is 10.6 Å². The fourth-order valence-corrected chi connectivity index (χ4v) is 2.93. The van der Waals surface area contributed by atoms with Gasteiger partial charge in [0.25, 0.3) is 0 Å². The van der Waals surface area contributed by atoms with Crippen LogP contribution < -0.4 is 10.6 Å². The summed E-state index contributed by atoms with van der Waals surface area (Å²) in [5.41, 5.74) is 3.45. The summed E-state index contributed by atoms with van der Waals surface area (Å²) in [6.45, 7) is 0. The van der Waals surface area contributed by atoms with Crippen LogP contribution >= 0.6 is 28.3 Å². The Balaban J connectivity index is 0.00000240. The van der Waals surface area contributed by atoms with Crippen molar-refractivity contribution < 1.29 is 4.39 Å². The summed E-state index contributed by atoms with van der Waals surface area (Å²) in [5.74, 6) is 0.721. The Kier molecular flexibility index (Phi) is 6.46. The van der Waals surface area contributed by atoms with Crippen molar-refractivity contribution in [2.75, 3.05) is 10.6 Å². The van der Waals surface area contributed by atoms with Crippen LogP contribution in [-0.2, 0) is 7.05 Å². The minimum atomic E-state index is -0.289. The minimum Gasteiger partial charge on any atom is -0.339 e. The van der Waals surface area contributed by atoms with Crippen LogP contribution in [0.4, 0.5) is 27.5 Å². The highest BCUT2D eigenvalue weighted by molar-refractivity contribution is 9.10. The minimum absolute atomic E-state index is 0. The number of nitrogens with zero attached hydrogens (tertiary/aromatic N) is 4. The van der Waals surface area contributed by atoms with Crippen LogP contribution in [0.5, 0.6) is 0 Å². The molecular weight excluding hydrogens is 459 g/mol. The van der Waals surface area contributed by atoms with Crippen molar-refractivity contribution in [1.82, 2.24) is 19.7 Å². The first-order valence-corrected chi connectivity index (χ1v) is 9.28. The van der Waals surface area contributed by atoms with E-state index in [4.69, 9.17) is 0 Å². The molecule has 2 heterocycles. The Morgan fingerprint density at radius 1 is 1.00 bits per heavy atom. The molecule has 0 saturated carbocycles. The molecule has 0 aliphatic heterocycles. The summed E-state index contributed by atoms with van der Waals surface area (Å²) in [6, 6.07) is 15.9. The number of nitrogens with one attached hydrogen (secondary N) is 2. The van der Waals surface area contributed by atoms with Gasteiger partial charge in [-0.2, -0.15) is 10.1 Å². The van der Waals surface area contributed by atoms with Gasteiger partial charge in [0, 0.05) is 36.4 Å². The maximum absolute atomic E-state index is 13.1. The van der Waals surface area contributed by atoms with Gasteiger partial charge in [0.2, 0.25) is 5.95 Å². The van der Waals surface area contributed by atoms with Gasteiger partial charge in [-0.1, -0.05) is 12.1 Å². The standard InChI is InChI=1S/C20H16BrFN6.ClH/c1-28-10-9-18(27-28)13-3-2-4-16(11-13)25-20-23-12-17(21)19(26-20)24-15-7-5-14(22)6-8-15;/h2-12H,1H3,(H2,23,24,25,26);1H. The monoisotopic (exact) mass is 474 g/mol. The maximum Gasteiger partial charge on any atom is 0.229 e. The first-order valence-electron chi connectivity index (χ1n) is 8.49. The predicted octanol–water partition coefficient (Wildman–Crippen LogP) is 5.69. The van der Waals surface area contributed by atoms with Gasteiger partial charge in [0.1, 0.15) is 11.6 Å².